The van der Waals surface area contributed by atoms with Gasteiger partial charge in [-0.15, -0.1) is 0 Å². The Morgan fingerprint density at radius 3 is 2.30 bits per heavy atom. The van der Waals surface area contributed by atoms with Crippen LogP contribution in [0.15, 0.2) is 36.4 Å². The lowest BCUT2D eigenvalue weighted by atomic mass is 10.1. The Bertz CT molecular complexity index is 973. The van der Waals surface area contributed by atoms with E-state index in [1.807, 2.05) is 0 Å². The number of halogens is 5. The van der Waals surface area contributed by atoms with Crippen LogP contribution in [0.4, 0.5) is 23.2 Å². The van der Waals surface area contributed by atoms with Gasteiger partial charge in [0.2, 0.25) is 5.91 Å². The fourth-order valence-corrected chi connectivity index (χ4v) is 2.57. The van der Waals surface area contributed by atoms with E-state index in [0.717, 1.165) is 12.1 Å². The average molecular weight is 446 g/mol. The molecule has 160 valence electrons. The van der Waals surface area contributed by atoms with Gasteiger partial charge in [-0.1, -0.05) is 17.7 Å². The lowest BCUT2D eigenvalue weighted by molar-refractivity contribution is -0.137. The SMILES string of the molecule is CN(C)C(=O)CNC(=O)c1cc(NC(=O)c2c(F)cccc2Cl)cc(C(F)(F)F)c1. The van der Waals surface area contributed by atoms with E-state index in [0.29, 0.717) is 12.1 Å². The summed E-state index contributed by atoms with van der Waals surface area (Å²) in [7, 11) is 2.89. The average Bonchev–Trinajstić information content (AvgIpc) is 2.64. The van der Waals surface area contributed by atoms with Gasteiger partial charge in [0.1, 0.15) is 5.82 Å². The summed E-state index contributed by atoms with van der Waals surface area (Å²) in [6, 6.07) is 5.60. The maximum atomic E-state index is 13.9. The smallest absolute Gasteiger partial charge is 0.347 e. The number of likely N-dealkylation sites (N-methyl/N-ethyl adjacent to an activating group) is 1. The van der Waals surface area contributed by atoms with Crippen LogP contribution in [0.25, 0.3) is 0 Å². The molecule has 30 heavy (non-hydrogen) atoms. The van der Waals surface area contributed by atoms with Crippen LogP contribution >= 0.6 is 11.6 Å². The number of nitrogens with one attached hydrogen (secondary N) is 2. The summed E-state index contributed by atoms with van der Waals surface area (Å²) in [5.41, 5.74) is -2.63. The third-order valence-electron chi connectivity index (χ3n) is 3.87. The van der Waals surface area contributed by atoms with Crippen molar-refractivity contribution in [2.75, 3.05) is 26.0 Å². The number of hydrogen-bond acceptors (Lipinski definition) is 3. The number of amides is 3. The molecule has 0 spiro atoms. The number of carbonyl (C=O) groups excluding carboxylic acids is 3. The van der Waals surface area contributed by atoms with Crippen molar-refractivity contribution in [1.29, 1.82) is 0 Å². The van der Waals surface area contributed by atoms with E-state index < -0.39 is 58.6 Å². The van der Waals surface area contributed by atoms with Crippen molar-refractivity contribution in [3.05, 3.63) is 63.9 Å². The van der Waals surface area contributed by atoms with Crippen LogP contribution < -0.4 is 10.6 Å². The van der Waals surface area contributed by atoms with Crippen molar-refractivity contribution < 1.29 is 31.9 Å². The van der Waals surface area contributed by atoms with Crippen molar-refractivity contribution in [2.24, 2.45) is 0 Å². The van der Waals surface area contributed by atoms with Gasteiger partial charge < -0.3 is 15.5 Å². The minimum Gasteiger partial charge on any atom is -0.347 e. The van der Waals surface area contributed by atoms with Crippen LogP contribution in [-0.4, -0.2) is 43.3 Å². The summed E-state index contributed by atoms with van der Waals surface area (Å²) in [5.74, 6) is -3.49. The third kappa shape index (κ3) is 5.69. The van der Waals surface area contributed by atoms with E-state index >= 15 is 0 Å². The molecule has 0 fully saturated rings. The van der Waals surface area contributed by atoms with Crippen molar-refractivity contribution >= 4 is 35.0 Å². The van der Waals surface area contributed by atoms with Crippen molar-refractivity contribution in [3.63, 3.8) is 0 Å². The Kier molecular flexibility index (Phi) is 7.04. The molecule has 3 amide bonds. The Labute approximate surface area is 173 Å². The number of anilines is 1. The molecular formula is C19H16ClF4N3O3. The molecule has 2 N–H and O–H groups in total. The first-order chi connectivity index (χ1) is 13.9. The minimum absolute atomic E-state index is 0.236. The van der Waals surface area contributed by atoms with Gasteiger partial charge in [0.05, 0.1) is 22.7 Å². The molecule has 0 heterocycles. The summed E-state index contributed by atoms with van der Waals surface area (Å²) in [5, 5.41) is 4.07. The van der Waals surface area contributed by atoms with Crippen molar-refractivity contribution in [3.8, 4) is 0 Å². The highest BCUT2D eigenvalue weighted by molar-refractivity contribution is 6.34. The molecule has 0 atom stereocenters. The molecule has 2 rings (SSSR count). The molecule has 0 radical (unpaired) electrons. The predicted octanol–water partition coefficient (Wildman–Crippen LogP) is 3.57. The topological polar surface area (TPSA) is 78.5 Å². The van der Waals surface area contributed by atoms with Crippen LogP contribution in [0.1, 0.15) is 26.3 Å². The first-order valence-electron chi connectivity index (χ1n) is 8.36. The number of alkyl halides is 3. The molecule has 0 aromatic heterocycles. The largest absolute Gasteiger partial charge is 0.416 e. The van der Waals surface area contributed by atoms with Gasteiger partial charge in [-0.2, -0.15) is 13.2 Å². The van der Waals surface area contributed by atoms with Crippen molar-refractivity contribution in [2.45, 2.75) is 6.18 Å². The normalized spacial score (nSPS) is 11.0. The zero-order valence-corrected chi connectivity index (χ0v) is 16.5. The first-order valence-corrected chi connectivity index (χ1v) is 8.74. The second kappa shape index (κ2) is 9.12. The van der Waals surface area contributed by atoms with Gasteiger partial charge in [0.15, 0.2) is 0 Å². The summed E-state index contributed by atoms with van der Waals surface area (Å²) < 4.78 is 53.6. The van der Waals surface area contributed by atoms with E-state index in [4.69, 9.17) is 11.6 Å². The monoisotopic (exact) mass is 445 g/mol. The van der Waals surface area contributed by atoms with E-state index in [2.05, 4.69) is 10.6 Å². The number of rotatable bonds is 5. The Morgan fingerprint density at radius 2 is 1.73 bits per heavy atom. The molecule has 0 saturated heterocycles. The fourth-order valence-electron chi connectivity index (χ4n) is 2.32. The number of nitrogens with zero attached hydrogens (tertiary/aromatic N) is 1. The van der Waals surface area contributed by atoms with Gasteiger partial charge in [0, 0.05) is 25.3 Å². The quantitative estimate of drug-likeness (QED) is 0.691. The minimum atomic E-state index is -4.83. The molecule has 0 saturated carbocycles. The second-order valence-corrected chi connectivity index (χ2v) is 6.73. The Morgan fingerprint density at radius 1 is 1.07 bits per heavy atom. The van der Waals surface area contributed by atoms with Crippen LogP contribution in [0.5, 0.6) is 0 Å². The molecule has 2 aromatic rings. The standard InChI is InChI=1S/C19H16ClF4N3O3/c1-27(2)15(28)9-25-17(29)10-6-11(19(22,23)24)8-12(7-10)26-18(30)16-13(20)4-3-5-14(16)21/h3-8H,9H2,1-2H3,(H,25,29)(H,26,30). The highest BCUT2D eigenvalue weighted by Crippen LogP contribution is 2.32. The molecule has 0 aliphatic heterocycles. The lowest BCUT2D eigenvalue weighted by Gasteiger charge is -2.14. The lowest BCUT2D eigenvalue weighted by Crippen LogP contribution is -2.36. The summed E-state index contributed by atoms with van der Waals surface area (Å²) in [4.78, 5) is 37.3. The molecule has 0 unspecified atom stereocenters. The highest BCUT2D eigenvalue weighted by Gasteiger charge is 2.32. The van der Waals surface area contributed by atoms with Crippen LogP contribution in [-0.2, 0) is 11.0 Å². The van der Waals surface area contributed by atoms with Gasteiger partial charge in [-0.25, -0.2) is 4.39 Å². The Hall–Kier alpha value is -3.14. The van der Waals surface area contributed by atoms with E-state index in [-0.39, 0.29) is 5.02 Å². The van der Waals surface area contributed by atoms with Gasteiger partial charge in [0.25, 0.3) is 11.8 Å². The van der Waals surface area contributed by atoms with E-state index in [1.54, 1.807) is 0 Å². The Balaban J connectivity index is 2.35. The molecule has 2 aromatic carbocycles. The summed E-state index contributed by atoms with van der Waals surface area (Å²) >= 11 is 5.79. The van der Waals surface area contributed by atoms with Gasteiger partial charge in [-0.05, 0) is 30.3 Å². The van der Waals surface area contributed by atoms with Gasteiger partial charge >= 0.3 is 6.18 Å². The first kappa shape index (κ1) is 23.1. The van der Waals surface area contributed by atoms with Gasteiger partial charge in [-0.3, -0.25) is 14.4 Å². The zero-order valence-electron chi connectivity index (χ0n) is 15.7. The van der Waals surface area contributed by atoms with Crippen molar-refractivity contribution in [1.82, 2.24) is 10.2 Å². The van der Waals surface area contributed by atoms with Crippen LogP contribution in [0.3, 0.4) is 0 Å². The maximum Gasteiger partial charge on any atom is 0.416 e. The molecule has 11 heteroatoms. The molecule has 6 nitrogen and oxygen atoms in total. The van der Waals surface area contributed by atoms with Crippen LogP contribution in [0, 0.1) is 5.82 Å². The highest BCUT2D eigenvalue weighted by atomic mass is 35.5. The molecule has 0 aliphatic rings. The number of benzene rings is 2. The molecular weight excluding hydrogens is 430 g/mol. The number of carbonyl (C=O) groups is 3. The third-order valence-corrected chi connectivity index (χ3v) is 4.18. The zero-order chi connectivity index (χ0) is 22.6. The fraction of sp³-hybridized carbons (Fsp3) is 0.211. The van der Waals surface area contributed by atoms with E-state index in [9.17, 15) is 31.9 Å². The summed E-state index contributed by atoms with van der Waals surface area (Å²) in [6.45, 7) is -0.436. The number of hydrogen-bond donors (Lipinski definition) is 2. The van der Waals surface area contributed by atoms with E-state index in [1.165, 1.54) is 31.1 Å². The van der Waals surface area contributed by atoms with Crippen LogP contribution in [0.2, 0.25) is 5.02 Å². The molecule has 0 bridgehead atoms. The predicted molar refractivity (Wildman–Crippen MR) is 102 cm³/mol. The molecule has 0 aliphatic carbocycles. The second-order valence-electron chi connectivity index (χ2n) is 6.32. The summed E-state index contributed by atoms with van der Waals surface area (Å²) in [6.07, 6.45) is -4.83. The maximum absolute atomic E-state index is 13.9.